The molecule has 12 unspecified atom stereocenters. The molecule has 0 bridgehead atoms. The van der Waals surface area contributed by atoms with Crippen molar-refractivity contribution in [1.29, 1.82) is 0 Å². The van der Waals surface area contributed by atoms with Crippen LogP contribution in [0.5, 0.6) is 0 Å². The summed E-state index contributed by atoms with van der Waals surface area (Å²) in [5.41, 5.74) is 0. The summed E-state index contributed by atoms with van der Waals surface area (Å²) in [4.78, 5) is 13.0. The molecule has 14 heteroatoms. The third-order valence-electron chi connectivity index (χ3n) is 11.4. The molecule has 0 radical (unpaired) electrons. The van der Waals surface area contributed by atoms with E-state index in [2.05, 4.69) is 31.3 Å². The van der Waals surface area contributed by atoms with Gasteiger partial charge in [-0.25, -0.2) is 0 Å². The first-order chi connectivity index (χ1) is 28.6. The Labute approximate surface area is 354 Å². The zero-order chi connectivity index (χ0) is 43.3. The van der Waals surface area contributed by atoms with E-state index in [1.165, 1.54) is 89.9 Å². The van der Waals surface area contributed by atoms with E-state index in [0.717, 1.165) is 38.5 Å². The normalized spacial score (nSPS) is 28.7. The summed E-state index contributed by atoms with van der Waals surface area (Å²) in [5, 5.41) is 86.2. The number of rotatable bonds is 34. The molecule has 1 amide bonds. The second-order valence-electron chi connectivity index (χ2n) is 16.5. The van der Waals surface area contributed by atoms with Crippen LogP contribution in [-0.2, 0) is 23.7 Å². The van der Waals surface area contributed by atoms with Crippen LogP contribution in [0, 0.1) is 0 Å². The molecule has 2 heterocycles. The fourth-order valence-electron chi connectivity index (χ4n) is 7.54. The summed E-state index contributed by atoms with van der Waals surface area (Å²) in [5.74, 6) is -0.258. The van der Waals surface area contributed by atoms with Crippen molar-refractivity contribution in [3.05, 3.63) is 24.3 Å². The Kier molecular flexibility index (Phi) is 30.1. The van der Waals surface area contributed by atoms with Gasteiger partial charge in [-0.3, -0.25) is 4.79 Å². The van der Waals surface area contributed by atoms with Crippen LogP contribution in [0.4, 0.5) is 0 Å². The standard InChI is InChI=1S/C45H83NO13/c1-3-5-7-9-11-12-13-14-15-16-17-18-19-20-21-23-24-26-28-34(49)33(46-37(50)29-27-25-22-10-8-6-4-2)32-56-44-42(55)40(53)43(36(31-48)58-44)59-45-41(54)39(52)38(51)35(30-47)57-45/h20-21,26,28,33-36,38-45,47-49,51-55H,3-19,22-25,27,29-32H2,1-2H3,(H,46,50)/b21-20+,28-26+. The van der Waals surface area contributed by atoms with Crippen molar-refractivity contribution >= 4 is 5.91 Å². The van der Waals surface area contributed by atoms with Crippen molar-refractivity contribution in [2.75, 3.05) is 19.8 Å². The maximum Gasteiger partial charge on any atom is 0.220 e. The van der Waals surface area contributed by atoms with Gasteiger partial charge < -0.3 is 65.1 Å². The van der Waals surface area contributed by atoms with Gasteiger partial charge >= 0.3 is 0 Å². The Morgan fingerprint density at radius 2 is 1.08 bits per heavy atom. The molecule has 0 spiro atoms. The van der Waals surface area contributed by atoms with E-state index in [9.17, 15) is 45.6 Å². The number of nitrogens with one attached hydrogen (secondary N) is 1. The second-order valence-corrected chi connectivity index (χ2v) is 16.5. The average molecular weight is 846 g/mol. The molecule has 0 aromatic heterocycles. The Hall–Kier alpha value is -1.53. The Morgan fingerprint density at radius 1 is 0.593 bits per heavy atom. The SMILES string of the molecule is CCCCCCCCCCCCCC/C=C/CC/C=C/C(O)C(COC1OC(CO)C(OC2OC(CO)C(O)C(O)C2O)C(O)C1O)NC(=O)CCCCCCCCC. The molecule has 346 valence electrons. The van der Waals surface area contributed by atoms with Crippen molar-refractivity contribution in [2.45, 2.75) is 235 Å². The van der Waals surface area contributed by atoms with Gasteiger partial charge in [0.05, 0.1) is 32.0 Å². The Bertz CT molecular complexity index is 1090. The molecule has 12 atom stereocenters. The zero-order valence-electron chi connectivity index (χ0n) is 36.2. The summed E-state index contributed by atoms with van der Waals surface area (Å²) in [6.07, 6.45) is 16.9. The molecule has 2 aliphatic rings. The summed E-state index contributed by atoms with van der Waals surface area (Å²) < 4.78 is 22.6. The molecule has 9 N–H and O–H groups in total. The molecule has 2 fully saturated rings. The van der Waals surface area contributed by atoms with Crippen LogP contribution < -0.4 is 5.32 Å². The van der Waals surface area contributed by atoms with Gasteiger partial charge in [0.15, 0.2) is 12.6 Å². The number of unbranched alkanes of at least 4 members (excludes halogenated alkanes) is 19. The second kappa shape index (κ2) is 33.1. The molecular formula is C45H83NO13. The highest BCUT2D eigenvalue weighted by atomic mass is 16.7. The minimum Gasteiger partial charge on any atom is -0.394 e. The summed E-state index contributed by atoms with van der Waals surface area (Å²) in [6, 6.07) is -0.923. The molecule has 0 aliphatic carbocycles. The van der Waals surface area contributed by atoms with E-state index in [1.54, 1.807) is 6.08 Å². The summed E-state index contributed by atoms with van der Waals surface area (Å²) in [6.45, 7) is 2.69. The minimum atomic E-state index is -1.79. The minimum absolute atomic E-state index is 0.258. The number of aliphatic hydroxyl groups is 8. The van der Waals surface area contributed by atoms with Crippen LogP contribution in [0.25, 0.3) is 0 Å². The van der Waals surface area contributed by atoms with Crippen LogP contribution in [-0.4, -0.2) is 140 Å². The lowest BCUT2D eigenvalue weighted by Crippen LogP contribution is -2.65. The Balaban J connectivity index is 1.87. The lowest BCUT2D eigenvalue weighted by atomic mass is 9.97. The molecule has 14 nitrogen and oxygen atoms in total. The average Bonchev–Trinajstić information content (AvgIpc) is 3.23. The third-order valence-corrected chi connectivity index (χ3v) is 11.4. The quantitative estimate of drug-likeness (QED) is 0.0319. The number of carbonyl (C=O) groups excluding carboxylic acids is 1. The number of aliphatic hydroxyl groups excluding tert-OH is 8. The van der Waals surface area contributed by atoms with Crippen LogP contribution >= 0.6 is 0 Å². The first kappa shape index (κ1) is 53.6. The van der Waals surface area contributed by atoms with Crippen molar-refractivity contribution in [1.82, 2.24) is 5.32 Å². The maximum atomic E-state index is 13.0. The van der Waals surface area contributed by atoms with E-state index < -0.39 is 86.8 Å². The van der Waals surface area contributed by atoms with Gasteiger partial charge in [-0.05, 0) is 32.1 Å². The van der Waals surface area contributed by atoms with Crippen LogP contribution in [0.1, 0.15) is 162 Å². The fraction of sp³-hybridized carbons (Fsp3) is 0.889. The number of allylic oxidation sites excluding steroid dienone is 3. The van der Waals surface area contributed by atoms with E-state index in [1.807, 2.05) is 6.08 Å². The van der Waals surface area contributed by atoms with E-state index in [0.29, 0.717) is 12.8 Å². The molecule has 2 saturated heterocycles. The van der Waals surface area contributed by atoms with Crippen LogP contribution in [0.15, 0.2) is 24.3 Å². The topological polar surface area (TPSA) is 228 Å². The van der Waals surface area contributed by atoms with Gasteiger partial charge in [0.1, 0.15) is 48.8 Å². The highest BCUT2D eigenvalue weighted by Gasteiger charge is 2.50. The number of hydrogen-bond acceptors (Lipinski definition) is 13. The zero-order valence-corrected chi connectivity index (χ0v) is 36.2. The van der Waals surface area contributed by atoms with Gasteiger partial charge in [0.2, 0.25) is 5.91 Å². The van der Waals surface area contributed by atoms with Gasteiger partial charge in [-0.15, -0.1) is 0 Å². The van der Waals surface area contributed by atoms with Crippen LogP contribution in [0.2, 0.25) is 0 Å². The maximum absolute atomic E-state index is 13.0. The number of carbonyl (C=O) groups is 1. The van der Waals surface area contributed by atoms with Crippen molar-refractivity contribution in [2.24, 2.45) is 0 Å². The largest absolute Gasteiger partial charge is 0.394 e. The van der Waals surface area contributed by atoms with E-state index in [-0.39, 0.29) is 18.9 Å². The van der Waals surface area contributed by atoms with Crippen molar-refractivity contribution < 1.29 is 64.6 Å². The highest BCUT2D eigenvalue weighted by Crippen LogP contribution is 2.30. The molecular weight excluding hydrogens is 762 g/mol. The van der Waals surface area contributed by atoms with Gasteiger partial charge in [0.25, 0.3) is 0 Å². The van der Waals surface area contributed by atoms with Crippen LogP contribution in [0.3, 0.4) is 0 Å². The summed E-state index contributed by atoms with van der Waals surface area (Å²) in [7, 11) is 0. The summed E-state index contributed by atoms with van der Waals surface area (Å²) >= 11 is 0. The first-order valence-corrected chi connectivity index (χ1v) is 23.1. The molecule has 0 aromatic carbocycles. The molecule has 59 heavy (non-hydrogen) atoms. The third kappa shape index (κ3) is 21.4. The predicted molar refractivity (Wildman–Crippen MR) is 226 cm³/mol. The van der Waals surface area contributed by atoms with Gasteiger partial charge in [-0.1, -0.05) is 147 Å². The number of hydrogen-bond donors (Lipinski definition) is 9. The fourth-order valence-corrected chi connectivity index (χ4v) is 7.54. The lowest BCUT2D eigenvalue weighted by Gasteiger charge is -2.46. The highest BCUT2D eigenvalue weighted by molar-refractivity contribution is 5.76. The van der Waals surface area contributed by atoms with Gasteiger partial charge in [0, 0.05) is 6.42 Å². The molecule has 2 aliphatic heterocycles. The number of amides is 1. The first-order valence-electron chi connectivity index (χ1n) is 23.1. The lowest BCUT2D eigenvalue weighted by molar-refractivity contribution is -0.359. The van der Waals surface area contributed by atoms with Gasteiger partial charge in [-0.2, -0.15) is 0 Å². The Morgan fingerprint density at radius 3 is 1.66 bits per heavy atom. The molecule has 2 rings (SSSR count). The van der Waals surface area contributed by atoms with E-state index >= 15 is 0 Å². The van der Waals surface area contributed by atoms with E-state index in [4.69, 9.17) is 18.9 Å². The van der Waals surface area contributed by atoms with Crippen molar-refractivity contribution in [3.63, 3.8) is 0 Å². The predicted octanol–water partition coefficient (Wildman–Crippen LogP) is 4.60. The number of ether oxygens (including phenoxy) is 4. The smallest absolute Gasteiger partial charge is 0.220 e. The molecule has 0 aromatic rings. The monoisotopic (exact) mass is 846 g/mol. The molecule has 0 saturated carbocycles. The van der Waals surface area contributed by atoms with Crippen molar-refractivity contribution in [3.8, 4) is 0 Å².